The third-order valence-electron chi connectivity index (χ3n) is 2.88. The van der Waals surface area contributed by atoms with Gasteiger partial charge in [-0.3, -0.25) is 0 Å². The lowest BCUT2D eigenvalue weighted by Crippen LogP contribution is -2.28. The van der Waals surface area contributed by atoms with Crippen molar-refractivity contribution in [3.63, 3.8) is 0 Å². The molecule has 0 radical (unpaired) electrons. The molecule has 0 spiro atoms. The number of piperidine rings is 1. The number of fused-ring (bicyclic) bond motifs is 1. The third-order valence-corrected chi connectivity index (χ3v) is 3.08. The lowest BCUT2D eigenvalue weighted by molar-refractivity contribution is 0.392. The van der Waals surface area contributed by atoms with Crippen molar-refractivity contribution < 1.29 is 0 Å². The van der Waals surface area contributed by atoms with Crippen molar-refractivity contribution in [1.29, 1.82) is 0 Å². The molecule has 0 aliphatic carbocycles. The van der Waals surface area contributed by atoms with E-state index in [1.165, 1.54) is 12.8 Å². The molecule has 1 fully saturated rings. The van der Waals surface area contributed by atoms with Gasteiger partial charge in [0.1, 0.15) is 5.15 Å². The van der Waals surface area contributed by atoms with Crippen molar-refractivity contribution in [2.24, 2.45) is 0 Å². The summed E-state index contributed by atoms with van der Waals surface area (Å²) in [6.45, 7) is 1.03. The Morgan fingerprint density at radius 3 is 3.06 bits per heavy atom. The van der Waals surface area contributed by atoms with Gasteiger partial charge in [-0.1, -0.05) is 18.0 Å². The fourth-order valence-electron chi connectivity index (χ4n) is 2.07. The Hall–Kier alpha value is -1.20. The van der Waals surface area contributed by atoms with Crippen LogP contribution in [0.3, 0.4) is 0 Å². The van der Waals surface area contributed by atoms with Gasteiger partial charge in [0.15, 0.2) is 11.5 Å². The van der Waals surface area contributed by atoms with Crippen LogP contribution in [-0.4, -0.2) is 26.4 Å². The summed E-state index contributed by atoms with van der Waals surface area (Å²) in [5.74, 6) is 0.859. The summed E-state index contributed by atoms with van der Waals surface area (Å²) in [5.41, 5.74) is 0.742. The molecule has 2 aromatic heterocycles. The van der Waals surface area contributed by atoms with Gasteiger partial charge >= 0.3 is 0 Å². The molecule has 1 saturated heterocycles. The molecule has 0 aromatic carbocycles. The van der Waals surface area contributed by atoms with Crippen LogP contribution in [0.4, 0.5) is 0 Å². The minimum Gasteiger partial charge on any atom is -0.307 e. The maximum atomic E-state index is 5.88. The summed E-state index contributed by atoms with van der Waals surface area (Å²) in [4.78, 5) is 0. The molecule has 1 unspecified atom stereocenters. The van der Waals surface area contributed by atoms with Gasteiger partial charge in [-0.15, -0.1) is 10.2 Å². The van der Waals surface area contributed by atoms with E-state index in [-0.39, 0.29) is 6.04 Å². The maximum Gasteiger partial charge on any atom is 0.178 e. The summed E-state index contributed by atoms with van der Waals surface area (Å²) < 4.78 is 1.73. The first-order valence-corrected chi connectivity index (χ1v) is 5.83. The molecule has 3 rings (SSSR count). The number of aromatic nitrogens is 4. The van der Waals surface area contributed by atoms with Gasteiger partial charge in [0.2, 0.25) is 0 Å². The molecule has 0 bridgehead atoms. The van der Waals surface area contributed by atoms with E-state index >= 15 is 0 Å². The first-order chi connectivity index (χ1) is 7.84. The van der Waals surface area contributed by atoms with Crippen LogP contribution in [0.5, 0.6) is 0 Å². The highest BCUT2D eigenvalue weighted by Gasteiger charge is 2.20. The van der Waals surface area contributed by atoms with E-state index in [1.54, 1.807) is 10.6 Å². The number of nitrogens with one attached hydrogen (secondary N) is 1. The fourth-order valence-corrected chi connectivity index (χ4v) is 2.21. The second kappa shape index (κ2) is 3.99. The van der Waals surface area contributed by atoms with Crippen molar-refractivity contribution in [3.8, 4) is 0 Å². The van der Waals surface area contributed by atoms with E-state index in [0.717, 1.165) is 24.4 Å². The molecule has 1 atom stereocenters. The molecule has 1 aliphatic rings. The van der Waals surface area contributed by atoms with Crippen molar-refractivity contribution in [2.45, 2.75) is 25.3 Å². The Morgan fingerprint density at radius 2 is 2.25 bits per heavy atom. The molecular formula is C10H12ClN5. The Labute approximate surface area is 97.8 Å². The van der Waals surface area contributed by atoms with Gasteiger partial charge in [-0.2, -0.15) is 9.61 Å². The van der Waals surface area contributed by atoms with E-state index in [4.69, 9.17) is 11.6 Å². The van der Waals surface area contributed by atoms with Crippen LogP contribution in [0.1, 0.15) is 31.1 Å². The van der Waals surface area contributed by atoms with E-state index < -0.39 is 0 Å². The average molecular weight is 238 g/mol. The highest BCUT2D eigenvalue weighted by Crippen LogP contribution is 2.21. The van der Waals surface area contributed by atoms with Gasteiger partial charge in [0.05, 0.1) is 6.04 Å². The van der Waals surface area contributed by atoms with Crippen molar-refractivity contribution in [1.82, 2.24) is 25.1 Å². The lowest BCUT2D eigenvalue weighted by atomic mass is 10.0. The quantitative estimate of drug-likeness (QED) is 0.819. The molecule has 1 N–H and O–H groups in total. The number of rotatable bonds is 1. The molecular weight excluding hydrogens is 226 g/mol. The van der Waals surface area contributed by atoms with Gasteiger partial charge in [-0.25, -0.2) is 0 Å². The van der Waals surface area contributed by atoms with E-state index in [0.29, 0.717) is 5.15 Å². The van der Waals surface area contributed by atoms with E-state index in [2.05, 4.69) is 20.6 Å². The highest BCUT2D eigenvalue weighted by molar-refractivity contribution is 6.29. The summed E-state index contributed by atoms with van der Waals surface area (Å²) in [6, 6.07) is 3.80. The van der Waals surface area contributed by atoms with Gasteiger partial charge in [0.25, 0.3) is 0 Å². The largest absolute Gasteiger partial charge is 0.307 e. The zero-order valence-corrected chi connectivity index (χ0v) is 9.48. The lowest BCUT2D eigenvalue weighted by Gasteiger charge is -2.21. The SMILES string of the molecule is Clc1ccc2nnc(C3CCCCN3)n2n1. The first-order valence-electron chi connectivity index (χ1n) is 5.46. The monoisotopic (exact) mass is 237 g/mol. The van der Waals surface area contributed by atoms with Crippen LogP contribution in [-0.2, 0) is 0 Å². The molecule has 1 aliphatic heterocycles. The Balaban J connectivity index is 2.05. The number of nitrogens with zero attached hydrogens (tertiary/aromatic N) is 4. The second-order valence-electron chi connectivity index (χ2n) is 3.99. The molecule has 6 heteroatoms. The first kappa shape index (κ1) is 9.99. The molecule has 3 heterocycles. The summed E-state index contributed by atoms with van der Waals surface area (Å²) in [6.07, 6.45) is 3.52. The zero-order chi connectivity index (χ0) is 11.0. The van der Waals surface area contributed by atoms with Crippen LogP contribution >= 0.6 is 11.6 Å². The molecule has 16 heavy (non-hydrogen) atoms. The topological polar surface area (TPSA) is 55.1 Å². The van der Waals surface area contributed by atoms with Crippen molar-refractivity contribution in [2.75, 3.05) is 6.54 Å². The van der Waals surface area contributed by atoms with E-state index in [1.807, 2.05) is 6.07 Å². The standard InChI is InChI=1S/C10H12ClN5/c11-8-4-5-9-13-14-10(16(9)15-8)7-3-1-2-6-12-7/h4-5,7,12H,1-3,6H2. The average Bonchev–Trinajstić information content (AvgIpc) is 2.73. The molecule has 84 valence electrons. The second-order valence-corrected chi connectivity index (χ2v) is 4.37. The normalized spacial score (nSPS) is 21.4. The highest BCUT2D eigenvalue weighted by atomic mass is 35.5. The number of hydrogen-bond donors (Lipinski definition) is 1. The van der Waals surface area contributed by atoms with Gasteiger partial charge in [-0.05, 0) is 31.5 Å². The van der Waals surface area contributed by atoms with E-state index in [9.17, 15) is 0 Å². The van der Waals surface area contributed by atoms with Crippen LogP contribution in [0.2, 0.25) is 5.15 Å². The molecule has 0 amide bonds. The van der Waals surface area contributed by atoms with Crippen molar-refractivity contribution in [3.05, 3.63) is 23.1 Å². The molecule has 0 saturated carbocycles. The molecule has 2 aromatic rings. The predicted octanol–water partition coefficient (Wildman–Crippen LogP) is 1.59. The number of halogens is 1. The fraction of sp³-hybridized carbons (Fsp3) is 0.500. The number of hydrogen-bond acceptors (Lipinski definition) is 4. The summed E-state index contributed by atoms with van der Waals surface area (Å²) in [5, 5.41) is 16.4. The smallest absolute Gasteiger partial charge is 0.178 e. The minimum atomic E-state index is 0.245. The van der Waals surface area contributed by atoms with Crippen LogP contribution in [0.25, 0.3) is 5.65 Å². The van der Waals surface area contributed by atoms with Crippen molar-refractivity contribution >= 4 is 17.2 Å². The van der Waals surface area contributed by atoms with Crippen LogP contribution in [0.15, 0.2) is 12.1 Å². The maximum absolute atomic E-state index is 5.88. The van der Waals surface area contributed by atoms with Gasteiger partial charge < -0.3 is 5.32 Å². The Bertz CT molecular complexity index is 503. The summed E-state index contributed by atoms with van der Waals surface area (Å²) >= 11 is 5.88. The van der Waals surface area contributed by atoms with Gasteiger partial charge in [0, 0.05) is 0 Å². The minimum absolute atomic E-state index is 0.245. The third kappa shape index (κ3) is 1.66. The van der Waals surface area contributed by atoms with Crippen LogP contribution < -0.4 is 5.32 Å². The molecule has 5 nitrogen and oxygen atoms in total. The Kier molecular flexibility index (Phi) is 2.49. The predicted molar refractivity (Wildman–Crippen MR) is 60.4 cm³/mol. The summed E-state index contributed by atoms with van der Waals surface area (Å²) in [7, 11) is 0. The van der Waals surface area contributed by atoms with Crippen LogP contribution in [0, 0.1) is 0 Å². The zero-order valence-electron chi connectivity index (χ0n) is 8.73. The Morgan fingerprint density at radius 1 is 1.31 bits per heavy atom.